The normalized spacial score (nSPS) is 24.5. The number of aliphatic hydroxyl groups is 1. The van der Waals surface area contributed by atoms with Crippen molar-refractivity contribution < 1.29 is 5.11 Å². The molecule has 0 saturated carbocycles. The lowest BCUT2D eigenvalue weighted by Crippen LogP contribution is -2.58. The molecule has 0 aromatic heterocycles. The third kappa shape index (κ3) is 8.56. The molecule has 5 N–H and O–H groups in total. The first-order valence-electron chi connectivity index (χ1n) is 12.4. The minimum Gasteiger partial charge on any atom is -0.372 e. The summed E-state index contributed by atoms with van der Waals surface area (Å²) in [5.74, 6) is 1.01. The zero-order valence-electron chi connectivity index (χ0n) is 19.6. The highest BCUT2D eigenvalue weighted by Gasteiger charge is 2.43. The molecule has 1 fully saturated rings. The Balaban J connectivity index is 1.63. The minimum absolute atomic E-state index is 0.183. The number of nitrogens with zero attached hydrogens (tertiary/aromatic N) is 3. The molecule has 1 saturated heterocycles. The fourth-order valence-corrected chi connectivity index (χ4v) is 4.82. The summed E-state index contributed by atoms with van der Waals surface area (Å²) < 4.78 is 0. The second-order valence-electron chi connectivity index (χ2n) is 9.66. The van der Waals surface area contributed by atoms with E-state index in [4.69, 9.17) is 11.5 Å². The Morgan fingerprint density at radius 2 is 1.73 bits per heavy atom. The topological polar surface area (TPSA) is 91.1 Å². The van der Waals surface area contributed by atoms with E-state index in [-0.39, 0.29) is 12.1 Å². The molecule has 6 heteroatoms. The van der Waals surface area contributed by atoms with Gasteiger partial charge >= 0.3 is 0 Å². The van der Waals surface area contributed by atoms with E-state index >= 15 is 0 Å². The fourth-order valence-electron chi connectivity index (χ4n) is 4.82. The summed E-state index contributed by atoms with van der Waals surface area (Å²) in [4.78, 5) is 8.89. The summed E-state index contributed by atoms with van der Waals surface area (Å²) in [6.07, 6.45) is 18.9. The van der Waals surface area contributed by atoms with E-state index in [0.717, 1.165) is 70.6 Å². The molecule has 0 amide bonds. The van der Waals surface area contributed by atoms with Crippen molar-refractivity contribution in [1.29, 1.82) is 0 Å². The molecule has 2 aliphatic heterocycles. The van der Waals surface area contributed by atoms with E-state index in [0.29, 0.717) is 0 Å². The van der Waals surface area contributed by atoms with E-state index in [1.54, 1.807) is 0 Å². The van der Waals surface area contributed by atoms with Gasteiger partial charge in [0, 0.05) is 19.6 Å². The van der Waals surface area contributed by atoms with Gasteiger partial charge in [-0.25, -0.2) is 0 Å². The van der Waals surface area contributed by atoms with Crippen molar-refractivity contribution in [3.8, 4) is 0 Å². The molecule has 174 valence electrons. The Morgan fingerprint density at radius 3 is 2.47 bits per heavy atom. The molecule has 0 aliphatic carbocycles. The van der Waals surface area contributed by atoms with Gasteiger partial charge in [0.15, 0.2) is 5.96 Å². The van der Waals surface area contributed by atoms with Gasteiger partial charge in [0.25, 0.3) is 0 Å². The summed E-state index contributed by atoms with van der Waals surface area (Å²) >= 11 is 0. The van der Waals surface area contributed by atoms with Gasteiger partial charge in [-0.2, -0.15) is 0 Å². The van der Waals surface area contributed by atoms with Crippen LogP contribution < -0.4 is 11.5 Å². The fraction of sp³-hybridized carbons (Fsp3) is 0.875. The third-order valence-electron chi connectivity index (χ3n) is 6.54. The van der Waals surface area contributed by atoms with Gasteiger partial charge in [-0.05, 0) is 50.6 Å². The molecule has 0 radical (unpaired) electrons. The van der Waals surface area contributed by atoms with Crippen molar-refractivity contribution in [3.05, 3.63) is 12.2 Å². The van der Waals surface area contributed by atoms with Crippen LogP contribution in [-0.2, 0) is 0 Å². The molecule has 2 rings (SSSR count). The predicted octanol–water partition coefficient (Wildman–Crippen LogP) is 3.80. The summed E-state index contributed by atoms with van der Waals surface area (Å²) in [5, 5.41) is 11.3. The number of fused-ring (bicyclic) bond motifs is 1. The van der Waals surface area contributed by atoms with Crippen LogP contribution in [0.3, 0.4) is 0 Å². The van der Waals surface area contributed by atoms with E-state index in [9.17, 15) is 5.11 Å². The number of aliphatic imine (C=N–C) groups is 1. The zero-order chi connectivity index (χ0) is 21.8. The lowest BCUT2D eigenvalue weighted by molar-refractivity contribution is -0.122. The Bertz CT molecular complexity index is 532. The second kappa shape index (κ2) is 13.3. The Morgan fingerprint density at radius 1 is 1.03 bits per heavy atom. The van der Waals surface area contributed by atoms with Crippen LogP contribution >= 0.6 is 0 Å². The van der Waals surface area contributed by atoms with Crippen LogP contribution in [0.4, 0.5) is 0 Å². The summed E-state index contributed by atoms with van der Waals surface area (Å²) in [6, 6.07) is 0. The van der Waals surface area contributed by atoms with Gasteiger partial charge < -0.3 is 16.6 Å². The van der Waals surface area contributed by atoms with Gasteiger partial charge in [-0.1, -0.05) is 64.9 Å². The van der Waals surface area contributed by atoms with Crippen LogP contribution in [0.5, 0.6) is 0 Å². The first-order valence-corrected chi connectivity index (χ1v) is 12.4. The molecule has 2 unspecified atom stereocenters. The quantitative estimate of drug-likeness (QED) is 0.162. The number of unbranched alkanes of at least 4 members (excludes halogenated alkanes) is 7. The Labute approximate surface area is 184 Å². The van der Waals surface area contributed by atoms with Crippen LogP contribution in [0.1, 0.15) is 90.9 Å². The highest BCUT2D eigenvalue weighted by atomic mass is 16.3. The summed E-state index contributed by atoms with van der Waals surface area (Å²) in [7, 11) is 0. The first-order chi connectivity index (χ1) is 14.4. The minimum atomic E-state index is -0.742. The highest BCUT2D eigenvalue weighted by Crippen LogP contribution is 2.34. The summed E-state index contributed by atoms with van der Waals surface area (Å²) in [6.45, 7) is 8.51. The van der Waals surface area contributed by atoms with Crippen molar-refractivity contribution >= 4 is 5.96 Å². The second-order valence-corrected chi connectivity index (χ2v) is 9.66. The molecule has 30 heavy (non-hydrogen) atoms. The molecule has 0 aromatic rings. The molecule has 6 nitrogen and oxygen atoms in total. The maximum atomic E-state index is 11.3. The average Bonchev–Trinajstić information content (AvgIpc) is 3.04. The zero-order valence-corrected chi connectivity index (χ0v) is 19.6. The molecular weight excluding hydrogens is 374 g/mol. The van der Waals surface area contributed by atoms with Gasteiger partial charge in [0.05, 0.1) is 6.17 Å². The number of hydrogen-bond acceptors (Lipinski definition) is 4. The molecule has 2 heterocycles. The van der Waals surface area contributed by atoms with E-state index in [1.807, 2.05) is 0 Å². The molecule has 0 aromatic carbocycles. The van der Waals surface area contributed by atoms with Gasteiger partial charge in [0.2, 0.25) is 0 Å². The van der Waals surface area contributed by atoms with E-state index in [1.165, 1.54) is 38.5 Å². The smallest absolute Gasteiger partial charge is 0.185 e. The molecule has 0 spiro atoms. The molecule has 2 atom stereocenters. The monoisotopic (exact) mass is 421 g/mol. The van der Waals surface area contributed by atoms with Crippen LogP contribution in [0.2, 0.25) is 0 Å². The van der Waals surface area contributed by atoms with E-state index < -0.39 is 5.72 Å². The van der Waals surface area contributed by atoms with Crippen molar-refractivity contribution in [1.82, 2.24) is 9.80 Å². The Hall–Kier alpha value is -1.11. The first kappa shape index (κ1) is 25.2. The van der Waals surface area contributed by atoms with Crippen LogP contribution in [-0.4, -0.2) is 58.9 Å². The Kier molecular flexibility index (Phi) is 11.2. The molecular formula is C24H47N5O. The van der Waals surface area contributed by atoms with Crippen molar-refractivity contribution in [2.75, 3.05) is 26.2 Å². The number of guanidine groups is 1. The van der Waals surface area contributed by atoms with Crippen molar-refractivity contribution in [3.63, 3.8) is 0 Å². The van der Waals surface area contributed by atoms with Crippen molar-refractivity contribution in [2.45, 2.75) is 103 Å². The molecule has 0 bridgehead atoms. The van der Waals surface area contributed by atoms with Crippen molar-refractivity contribution in [2.24, 2.45) is 22.4 Å². The van der Waals surface area contributed by atoms with Crippen LogP contribution in [0.25, 0.3) is 0 Å². The van der Waals surface area contributed by atoms with Gasteiger partial charge in [-0.3, -0.25) is 14.8 Å². The standard InChI is InChI=1S/C24H47N5O/c1-21(2)13-8-5-3-4-6-9-15-24(30)16-14-22-28(19-12-20-29(22)24)18-11-7-10-17-27-23(25)26/h14,16,21-22,30H,3-13,15,17-20H2,1-2H3,(H4,25,26,27). The number of hydrogen-bond donors (Lipinski definition) is 3. The van der Waals surface area contributed by atoms with Gasteiger partial charge in [-0.15, -0.1) is 0 Å². The largest absolute Gasteiger partial charge is 0.372 e. The van der Waals surface area contributed by atoms with E-state index in [2.05, 4.69) is 40.8 Å². The van der Waals surface area contributed by atoms with Crippen LogP contribution in [0, 0.1) is 5.92 Å². The maximum Gasteiger partial charge on any atom is 0.185 e. The predicted molar refractivity (Wildman–Crippen MR) is 127 cm³/mol. The maximum absolute atomic E-state index is 11.3. The highest BCUT2D eigenvalue weighted by molar-refractivity contribution is 5.75. The summed E-state index contributed by atoms with van der Waals surface area (Å²) in [5.41, 5.74) is 10.0. The lowest BCUT2D eigenvalue weighted by atomic mass is 10.0. The average molecular weight is 422 g/mol. The van der Waals surface area contributed by atoms with Crippen LogP contribution in [0.15, 0.2) is 17.1 Å². The number of nitrogens with two attached hydrogens (primary N) is 2. The SMILES string of the molecule is CC(C)CCCCCCCCC1(O)C=CC2N(CCCCCN=C(N)N)CCCN21. The lowest BCUT2D eigenvalue weighted by Gasteiger charge is -2.45. The number of rotatable bonds is 15. The van der Waals surface area contributed by atoms with Gasteiger partial charge in [0.1, 0.15) is 5.72 Å². The third-order valence-corrected chi connectivity index (χ3v) is 6.54. The molecule has 2 aliphatic rings.